The number of benzene rings is 1. The topological polar surface area (TPSA) is 72.9 Å². The first-order valence-electron chi connectivity index (χ1n) is 10.6. The molecular weight excluding hydrogens is 503 g/mol. The zero-order valence-electron chi connectivity index (χ0n) is 18.5. The normalized spacial score (nSPS) is 15.1. The average Bonchev–Trinajstić information content (AvgIpc) is 2.80. The quantitative estimate of drug-likeness (QED) is 0.337. The van der Waals surface area contributed by atoms with E-state index in [9.17, 15) is 4.79 Å². The van der Waals surface area contributed by atoms with Gasteiger partial charge in [-0.15, -0.1) is 24.0 Å². The van der Waals surface area contributed by atoms with E-state index in [4.69, 9.17) is 0 Å². The van der Waals surface area contributed by atoms with E-state index in [0.717, 1.165) is 49.9 Å². The predicted octanol–water partition coefficient (Wildman–Crippen LogP) is 3.13. The van der Waals surface area contributed by atoms with Crippen LogP contribution in [0.2, 0.25) is 0 Å². The zero-order valence-corrected chi connectivity index (χ0v) is 20.9. The van der Waals surface area contributed by atoms with Gasteiger partial charge in [0.15, 0.2) is 5.96 Å². The minimum Gasteiger partial charge on any atom is -0.353 e. The summed E-state index contributed by atoms with van der Waals surface area (Å²) >= 11 is 0. The molecule has 7 nitrogen and oxygen atoms in total. The van der Waals surface area contributed by atoms with Gasteiger partial charge in [-0.2, -0.15) is 0 Å². The molecule has 1 fully saturated rings. The lowest BCUT2D eigenvalue weighted by Crippen LogP contribution is -2.52. The maximum absolute atomic E-state index is 12.2. The molecule has 31 heavy (non-hydrogen) atoms. The molecule has 3 rings (SSSR count). The van der Waals surface area contributed by atoms with Crippen molar-refractivity contribution in [3.05, 3.63) is 59.8 Å². The first-order valence-corrected chi connectivity index (χ1v) is 10.6. The zero-order chi connectivity index (χ0) is 21.3. The molecule has 2 aromatic rings. The molecule has 0 bridgehead atoms. The number of piperazine rings is 1. The van der Waals surface area contributed by atoms with E-state index < -0.39 is 0 Å². The number of nitrogens with zero attached hydrogens (tertiary/aromatic N) is 4. The number of rotatable bonds is 6. The molecule has 0 spiro atoms. The van der Waals surface area contributed by atoms with Crippen LogP contribution in [0.15, 0.2) is 53.7 Å². The molecule has 2 N–H and O–H groups in total. The lowest BCUT2D eigenvalue weighted by atomic mass is 10.1. The fourth-order valence-electron chi connectivity index (χ4n) is 3.38. The van der Waals surface area contributed by atoms with Crippen molar-refractivity contribution in [3.63, 3.8) is 0 Å². The number of amides is 1. The van der Waals surface area contributed by atoms with Gasteiger partial charge in [-0.1, -0.05) is 25.1 Å². The number of anilines is 1. The van der Waals surface area contributed by atoms with Crippen LogP contribution < -0.4 is 15.5 Å². The second-order valence-corrected chi connectivity index (χ2v) is 7.54. The van der Waals surface area contributed by atoms with Gasteiger partial charge in [0.25, 0.3) is 5.91 Å². The number of pyridine rings is 1. The van der Waals surface area contributed by atoms with Gasteiger partial charge in [0.1, 0.15) is 5.82 Å². The maximum Gasteiger partial charge on any atom is 0.251 e. The van der Waals surface area contributed by atoms with Gasteiger partial charge in [0.2, 0.25) is 0 Å². The first kappa shape index (κ1) is 24.9. The molecule has 0 radical (unpaired) electrons. The molecule has 1 amide bonds. The molecule has 1 aromatic heterocycles. The van der Waals surface area contributed by atoms with Crippen LogP contribution in [0.3, 0.4) is 0 Å². The van der Waals surface area contributed by atoms with E-state index in [2.05, 4.69) is 43.4 Å². The van der Waals surface area contributed by atoms with Crippen molar-refractivity contribution in [2.24, 2.45) is 4.99 Å². The van der Waals surface area contributed by atoms with E-state index >= 15 is 0 Å². The van der Waals surface area contributed by atoms with Crippen LogP contribution in [0.25, 0.3) is 0 Å². The standard InChI is InChI=1S/C23H32N6O.HI/c1-4-18(2)27-22(30)20-10-8-19(9-11-20)17-26-23(24-3)29-15-13-28(14-16-29)21-7-5-6-12-25-21;/h5-12,18H,4,13-17H2,1-3H3,(H,24,26)(H,27,30);1H. The monoisotopic (exact) mass is 536 g/mol. The summed E-state index contributed by atoms with van der Waals surface area (Å²) < 4.78 is 0. The van der Waals surface area contributed by atoms with Crippen LogP contribution in [-0.2, 0) is 6.54 Å². The molecule has 168 valence electrons. The van der Waals surface area contributed by atoms with Gasteiger partial charge in [-0.3, -0.25) is 9.79 Å². The molecule has 1 aromatic carbocycles. The predicted molar refractivity (Wildman–Crippen MR) is 137 cm³/mol. The third-order valence-electron chi connectivity index (χ3n) is 5.42. The van der Waals surface area contributed by atoms with E-state index in [1.54, 1.807) is 0 Å². The smallest absolute Gasteiger partial charge is 0.251 e. The molecule has 0 saturated carbocycles. The molecule has 0 aliphatic carbocycles. The van der Waals surface area contributed by atoms with Crippen molar-refractivity contribution >= 4 is 41.7 Å². The molecule has 1 aliphatic heterocycles. The third kappa shape index (κ3) is 7.09. The van der Waals surface area contributed by atoms with Crippen molar-refractivity contribution in [1.82, 2.24) is 20.5 Å². The molecule has 8 heteroatoms. The van der Waals surface area contributed by atoms with Crippen LogP contribution in [0.1, 0.15) is 36.2 Å². The summed E-state index contributed by atoms with van der Waals surface area (Å²) in [5.74, 6) is 1.90. The number of carbonyl (C=O) groups is 1. The maximum atomic E-state index is 12.2. The van der Waals surface area contributed by atoms with Gasteiger partial charge in [0, 0.05) is 57.6 Å². The molecule has 1 atom stereocenters. The van der Waals surface area contributed by atoms with Crippen LogP contribution in [0, 0.1) is 0 Å². The van der Waals surface area contributed by atoms with Crippen LogP contribution >= 0.6 is 24.0 Å². The van der Waals surface area contributed by atoms with E-state index in [1.165, 1.54) is 0 Å². The highest BCUT2D eigenvalue weighted by Crippen LogP contribution is 2.13. The Labute approximate surface area is 202 Å². The Hall–Kier alpha value is -2.36. The fraction of sp³-hybridized carbons (Fsp3) is 0.435. The lowest BCUT2D eigenvalue weighted by molar-refractivity contribution is 0.0939. The highest BCUT2D eigenvalue weighted by molar-refractivity contribution is 14.0. The highest BCUT2D eigenvalue weighted by atomic mass is 127. The van der Waals surface area contributed by atoms with Crippen LogP contribution in [0.5, 0.6) is 0 Å². The molecule has 1 aliphatic rings. The van der Waals surface area contributed by atoms with E-state index in [1.807, 2.05) is 56.6 Å². The number of hydrogen-bond donors (Lipinski definition) is 2. The summed E-state index contributed by atoms with van der Waals surface area (Å²) in [6, 6.07) is 13.9. The Kier molecular flexibility index (Phi) is 10.0. The summed E-state index contributed by atoms with van der Waals surface area (Å²) in [6.07, 6.45) is 2.75. The third-order valence-corrected chi connectivity index (χ3v) is 5.42. The van der Waals surface area contributed by atoms with E-state index in [0.29, 0.717) is 12.1 Å². The number of nitrogens with one attached hydrogen (secondary N) is 2. The van der Waals surface area contributed by atoms with Gasteiger partial charge in [-0.05, 0) is 43.2 Å². The minimum atomic E-state index is -0.0227. The summed E-state index contributed by atoms with van der Waals surface area (Å²) in [5.41, 5.74) is 1.80. The molecular formula is C23H33IN6O. The average molecular weight is 536 g/mol. The first-order chi connectivity index (χ1) is 14.6. The van der Waals surface area contributed by atoms with Gasteiger partial charge in [0.05, 0.1) is 0 Å². The fourth-order valence-corrected chi connectivity index (χ4v) is 3.38. The summed E-state index contributed by atoms with van der Waals surface area (Å²) in [5, 5.41) is 6.44. The second kappa shape index (κ2) is 12.5. The number of halogens is 1. The summed E-state index contributed by atoms with van der Waals surface area (Å²) in [7, 11) is 1.82. The number of guanidine groups is 1. The Balaban J connectivity index is 0.00000341. The van der Waals surface area contributed by atoms with Crippen molar-refractivity contribution in [2.45, 2.75) is 32.9 Å². The number of aliphatic imine (C=N–C) groups is 1. The minimum absolute atomic E-state index is 0. The second-order valence-electron chi connectivity index (χ2n) is 7.54. The molecule has 2 heterocycles. The lowest BCUT2D eigenvalue weighted by Gasteiger charge is -2.37. The van der Waals surface area contributed by atoms with Crippen molar-refractivity contribution < 1.29 is 4.79 Å². The Bertz CT molecular complexity index is 835. The van der Waals surface area contributed by atoms with Crippen molar-refractivity contribution in [3.8, 4) is 0 Å². The summed E-state index contributed by atoms with van der Waals surface area (Å²) in [6.45, 7) is 8.36. The largest absolute Gasteiger partial charge is 0.353 e. The Morgan fingerprint density at radius 2 is 1.84 bits per heavy atom. The SMILES string of the molecule is CCC(C)NC(=O)c1ccc(CNC(=NC)N2CCN(c3ccccn3)CC2)cc1.I. The number of carbonyl (C=O) groups excluding carboxylic acids is 1. The van der Waals surface area contributed by atoms with Crippen LogP contribution in [0.4, 0.5) is 5.82 Å². The number of hydrogen-bond acceptors (Lipinski definition) is 4. The summed E-state index contributed by atoms with van der Waals surface area (Å²) in [4.78, 5) is 25.7. The van der Waals surface area contributed by atoms with Crippen molar-refractivity contribution in [1.29, 1.82) is 0 Å². The van der Waals surface area contributed by atoms with Gasteiger partial charge in [-0.25, -0.2) is 4.98 Å². The van der Waals surface area contributed by atoms with Gasteiger partial charge >= 0.3 is 0 Å². The van der Waals surface area contributed by atoms with E-state index in [-0.39, 0.29) is 35.9 Å². The van der Waals surface area contributed by atoms with Gasteiger partial charge < -0.3 is 20.4 Å². The van der Waals surface area contributed by atoms with Crippen LogP contribution in [-0.4, -0.2) is 61.0 Å². The number of aromatic nitrogens is 1. The molecule has 1 unspecified atom stereocenters. The Morgan fingerprint density at radius 1 is 1.13 bits per heavy atom. The highest BCUT2D eigenvalue weighted by Gasteiger charge is 2.20. The Morgan fingerprint density at radius 3 is 2.42 bits per heavy atom. The van der Waals surface area contributed by atoms with Crippen molar-refractivity contribution in [2.75, 3.05) is 38.1 Å². The molecule has 1 saturated heterocycles.